The van der Waals surface area contributed by atoms with Crippen LogP contribution in [0.25, 0.3) is 0 Å². The van der Waals surface area contributed by atoms with Crippen LogP contribution in [-0.4, -0.2) is 30.6 Å². The van der Waals surface area contributed by atoms with Crippen LogP contribution in [0.3, 0.4) is 0 Å². The van der Waals surface area contributed by atoms with Crippen LogP contribution in [0.5, 0.6) is 0 Å². The van der Waals surface area contributed by atoms with Crippen LogP contribution < -0.4 is 5.32 Å². The summed E-state index contributed by atoms with van der Waals surface area (Å²) in [5.74, 6) is 0. The Morgan fingerprint density at radius 2 is 2.05 bits per heavy atom. The summed E-state index contributed by atoms with van der Waals surface area (Å²) >= 11 is 3.63. The van der Waals surface area contributed by atoms with Gasteiger partial charge in [0.1, 0.15) is 0 Å². The largest absolute Gasteiger partial charge is 0.381 e. The zero-order valence-electron chi connectivity index (χ0n) is 12.7. The summed E-state index contributed by atoms with van der Waals surface area (Å²) in [7, 11) is 0. The molecular weight excluding hydrogens is 312 g/mol. The number of likely N-dealkylation sites (tertiary alicyclic amines) is 1. The van der Waals surface area contributed by atoms with Crippen molar-refractivity contribution in [3.05, 3.63) is 39.9 Å². The highest BCUT2D eigenvalue weighted by molar-refractivity contribution is 9.10. The Morgan fingerprint density at radius 3 is 2.70 bits per heavy atom. The molecule has 1 saturated heterocycles. The van der Waals surface area contributed by atoms with Crippen LogP contribution in [-0.2, 0) is 0 Å². The number of anilines is 1. The molecule has 3 heteroatoms. The number of rotatable bonds is 4. The van der Waals surface area contributed by atoms with Crippen LogP contribution in [0, 0.1) is 6.92 Å². The average molecular weight is 337 g/mol. The molecular formula is C17H25BrN2. The standard InChI is InChI=1S/C17H25BrN2/c1-13(2)6-9-20-10-7-15(8-11-20)19-17-12-14(3)4-5-16(17)18/h4-6,12,15,19H,7-11H2,1-3H3. The number of piperidine rings is 1. The highest BCUT2D eigenvalue weighted by Crippen LogP contribution is 2.26. The lowest BCUT2D eigenvalue weighted by atomic mass is 10.0. The molecule has 1 aliphatic heterocycles. The fourth-order valence-corrected chi connectivity index (χ4v) is 2.90. The van der Waals surface area contributed by atoms with Gasteiger partial charge in [-0.05, 0) is 67.2 Å². The zero-order chi connectivity index (χ0) is 14.5. The van der Waals surface area contributed by atoms with E-state index in [4.69, 9.17) is 0 Å². The van der Waals surface area contributed by atoms with Crippen molar-refractivity contribution in [3.8, 4) is 0 Å². The summed E-state index contributed by atoms with van der Waals surface area (Å²) in [5.41, 5.74) is 3.94. The predicted molar refractivity (Wildman–Crippen MR) is 91.4 cm³/mol. The summed E-state index contributed by atoms with van der Waals surface area (Å²) in [6, 6.07) is 7.08. The third-order valence-electron chi connectivity index (χ3n) is 3.83. The van der Waals surface area contributed by atoms with Gasteiger partial charge < -0.3 is 5.32 Å². The number of hydrogen-bond acceptors (Lipinski definition) is 2. The monoisotopic (exact) mass is 336 g/mol. The third-order valence-corrected chi connectivity index (χ3v) is 4.52. The highest BCUT2D eigenvalue weighted by atomic mass is 79.9. The molecule has 110 valence electrons. The summed E-state index contributed by atoms with van der Waals surface area (Å²) in [6.45, 7) is 9.95. The van der Waals surface area contributed by atoms with E-state index >= 15 is 0 Å². The molecule has 0 unspecified atom stereocenters. The van der Waals surface area contributed by atoms with E-state index in [1.807, 2.05) is 0 Å². The molecule has 1 aromatic rings. The molecule has 0 atom stereocenters. The fourth-order valence-electron chi connectivity index (χ4n) is 2.54. The summed E-state index contributed by atoms with van der Waals surface area (Å²) in [6.07, 6.45) is 4.76. The molecule has 0 aliphatic carbocycles. The van der Waals surface area contributed by atoms with Gasteiger partial charge in [0.25, 0.3) is 0 Å². The van der Waals surface area contributed by atoms with Gasteiger partial charge >= 0.3 is 0 Å². The van der Waals surface area contributed by atoms with Crippen LogP contribution in [0.15, 0.2) is 34.3 Å². The summed E-state index contributed by atoms with van der Waals surface area (Å²) in [5, 5.41) is 3.69. The first-order valence-corrected chi connectivity index (χ1v) is 8.22. The Labute approximate surface area is 131 Å². The molecule has 2 nitrogen and oxygen atoms in total. The molecule has 0 spiro atoms. The van der Waals surface area contributed by atoms with E-state index in [2.05, 4.69) is 71.2 Å². The SMILES string of the molecule is CC(C)=CCN1CCC(Nc2cc(C)ccc2Br)CC1. The van der Waals surface area contributed by atoms with E-state index < -0.39 is 0 Å². The van der Waals surface area contributed by atoms with E-state index in [1.54, 1.807) is 0 Å². The first kappa shape index (κ1) is 15.6. The van der Waals surface area contributed by atoms with Crippen molar-refractivity contribution in [2.75, 3.05) is 25.0 Å². The lowest BCUT2D eigenvalue weighted by Crippen LogP contribution is -2.39. The minimum atomic E-state index is 0.594. The number of hydrogen-bond donors (Lipinski definition) is 1. The molecule has 2 rings (SSSR count). The first-order chi connectivity index (χ1) is 9.54. The van der Waals surface area contributed by atoms with E-state index in [1.165, 1.54) is 42.8 Å². The predicted octanol–water partition coefficient (Wildman–Crippen LogP) is 4.60. The van der Waals surface area contributed by atoms with Gasteiger partial charge in [0, 0.05) is 35.8 Å². The van der Waals surface area contributed by atoms with E-state index in [0.717, 1.165) is 11.0 Å². The smallest absolute Gasteiger partial charge is 0.0489 e. The number of aryl methyl sites for hydroxylation is 1. The van der Waals surface area contributed by atoms with Gasteiger partial charge in [-0.1, -0.05) is 17.7 Å². The third kappa shape index (κ3) is 4.64. The van der Waals surface area contributed by atoms with Crippen LogP contribution in [0.4, 0.5) is 5.69 Å². The Hall–Kier alpha value is -0.800. The Kier molecular flexibility index (Phi) is 5.67. The van der Waals surface area contributed by atoms with E-state index in [-0.39, 0.29) is 0 Å². The lowest BCUT2D eigenvalue weighted by Gasteiger charge is -2.32. The molecule has 20 heavy (non-hydrogen) atoms. The second kappa shape index (κ2) is 7.28. The Morgan fingerprint density at radius 1 is 1.35 bits per heavy atom. The second-order valence-electron chi connectivity index (χ2n) is 5.98. The fraction of sp³-hybridized carbons (Fsp3) is 0.529. The summed E-state index contributed by atoms with van der Waals surface area (Å²) < 4.78 is 1.16. The molecule has 0 amide bonds. The van der Waals surface area contributed by atoms with Crippen molar-refractivity contribution in [2.24, 2.45) is 0 Å². The molecule has 0 bridgehead atoms. The van der Waals surface area contributed by atoms with Crippen molar-refractivity contribution in [1.29, 1.82) is 0 Å². The van der Waals surface area contributed by atoms with Crippen LogP contribution >= 0.6 is 15.9 Å². The maximum Gasteiger partial charge on any atom is 0.0489 e. The molecule has 1 aliphatic rings. The molecule has 1 heterocycles. The molecule has 0 aromatic heterocycles. The highest BCUT2D eigenvalue weighted by Gasteiger charge is 2.18. The van der Waals surface area contributed by atoms with Gasteiger partial charge in [-0.2, -0.15) is 0 Å². The lowest BCUT2D eigenvalue weighted by molar-refractivity contribution is 0.240. The molecule has 0 saturated carbocycles. The number of allylic oxidation sites excluding steroid dienone is 1. The van der Waals surface area contributed by atoms with Crippen molar-refractivity contribution in [2.45, 2.75) is 39.7 Å². The Bertz CT molecular complexity index is 470. The minimum absolute atomic E-state index is 0.594. The number of nitrogens with zero attached hydrogens (tertiary/aromatic N) is 1. The maximum atomic E-state index is 3.69. The molecule has 1 aromatic carbocycles. The maximum absolute atomic E-state index is 3.69. The Balaban J connectivity index is 1.85. The van der Waals surface area contributed by atoms with Crippen LogP contribution in [0.2, 0.25) is 0 Å². The topological polar surface area (TPSA) is 15.3 Å². The van der Waals surface area contributed by atoms with Gasteiger partial charge in [-0.25, -0.2) is 0 Å². The van der Waals surface area contributed by atoms with Crippen molar-refractivity contribution < 1.29 is 0 Å². The molecule has 1 fully saturated rings. The normalized spacial score (nSPS) is 17.0. The van der Waals surface area contributed by atoms with Gasteiger partial charge in [-0.15, -0.1) is 0 Å². The number of nitrogens with one attached hydrogen (secondary N) is 1. The van der Waals surface area contributed by atoms with Crippen LogP contribution in [0.1, 0.15) is 32.3 Å². The van der Waals surface area contributed by atoms with Gasteiger partial charge in [-0.3, -0.25) is 4.90 Å². The molecule has 0 radical (unpaired) electrons. The molecule has 1 N–H and O–H groups in total. The van der Waals surface area contributed by atoms with E-state index in [9.17, 15) is 0 Å². The van der Waals surface area contributed by atoms with Crippen molar-refractivity contribution >= 4 is 21.6 Å². The quantitative estimate of drug-likeness (QED) is 0.808. The van der Waals surface area contributed by atoms with Crippen molar-refractivity contribution in [3.63, 3.8) is 0 Å². The second-order valence-corrected chi connectivity index (χ2v) is 6.84. The van der Waals surface area contributed by atoms with E-state index in [0.29, 0.717) is 6.04 Å². The number of benzene rings is 1. The average Bonchev–Trinajstić information content (AvgIpc) is 2.42. The number of halogens is 1. The zero-order valence-corrected chi connectivity index (χ0v) is 14.3. The summed E-state index contributed by atoms with van der Waals surface area (Å²) in [4.78, 5) is 2.54. The minimum Gasteiger partial charge on any atom is -0.381 e. The van der Waals surface area contributed by atoms with Crippen molar-refractivity contribution in [1.82, 2.24) is 4.90 Å². The first-order valence-electron chi connectivity index (χ1n) is 7.43. The van der Waals surface area contributed by atoms with Gasteiger partial charge in [0.05, 0.1) is 0 Å². The van der Waals surface area contributed by atoms with Gasteiger partial charge in [0.2, 0.25) is 0 Å². The van der Waals surface area contributed by atoms with Gasteiger partial charge in [0.15, 0.2) is 0 Å².